The summed E-state index contributed by atoms with van der Waals surface area (Å²) in [5.41, 5.74) is 2.44. The first-order valence-corrected chi connectivity index (χ1v) is 9.27. The number of methoxy groups -OCH3 is 1. The number of aliphatic imine (C=N–C) groups is 1. The van der Waals surface area contributed by atoms with Crippen molar-refractivity contribution < 1.29 is 9.47 Å². The third-order valence-electron chi connectivity index (χ3n) is 4.96. The molecule has 1 fully saturated rings. The Morgan fingerprint density at radius 1 is 1.35 bits per heavy atom. The third kappa shape index (κ3) is 7.31. The van der Waals surface area contributed by atoms with Crippen LogP contribution in [0.3, 0.4) is 0 Å². The van der Waals surface area contributed by atoms with Gasteiger partial charge in [0.1, 0.15) is 5.75 Å². The van der Waals surface area contributed by atoms with Crippen LogP contribution >= 0.6 is 24.0 Å². The number of nitrogens with zero attached hydrogens (tertiary/aromatic N) is 2. The summed E-state index contributed by atoms with van der Waals surface area (Å²) < 4.78 is 10.8. The normalized spacial score (nSPS) is 15.3. The summed E-state index contributed by atoms with van der Waals surface area (Å²) in [6.45, 7) is 5.79. The highest BCUT2D eigenvalue weighted by Gasteiger charge is 2.15. The molecule has 0 radical (unpaired) electrons. The van der Waals surface area contributed by atoms with Gasteiger partial charge in [0.2, 0.25) is 0 Å². The van der Waals surface area contributed by atoms with E-state index in [1.165, 1.54) is 30.4 Å². The van der Waals surface area contributed by atoms with Gasteiger partial charge in [0.25, 0.3) is 0 Å². The second-order valence-corrected chi connectivity index (χ2v) is 6.79. The largest absolute Gasteiger partial charge is 0.496 e. The van der Waals surface area contributed by atoms with Crippen molar-refractivity contribution in [3.63, 3.8) is 0 Å². The molecule has 1 saturated heterocycles. The minimum Gasteiger partial charge on any atom is -0.496 e. The van der Waals surface area contributed by atoms with Gasteiger partial charge in [-0.1, -0.05) is 12.1 Å². The molecule has 0 atom stereocenters. The maximum absolute atomic E-state index is 5.44. The van der Waals surface area contributed by atoms with Crippen LogP contribution in [0, 0.1) is 12.8 Å². The quantitative estimate of drug-likeness (QED) is 0.373. The Bertz CT molecular complexity index is 560. The van der Waals surface area contributed by atoms with Crippen LogP contribution in [0.2, 0.25) is 0 Å². The van der Waals surface area contributed by atoms with Crippen molar-refractivity contribution in [2.45, 2.75) is 32.6 Å². The van der Waals surface area contributed by atoms with Gasteiger partial charge in [-0.3, -0.25) is 4.99 Å². The van der Waals surface area contributed by atoms with E-state index in [0.29, 0.717) is 0 Å². The number of hydrogen-bond acceptors (Lipinski definition) is 3. The van der Waals surface area contributed by atoms with Gasteiger partial charge in [0.05, 0.1) is 7.11 Å². The summed E-state index contributed by atoms with van der Waals surface area (Å²) in [6.07, 6.45) is 4.53. The van der Waals surface area contributed by atoms with Gasteiger partial charge < -0.3 is 19.7 Å². The molecule has 26 heavy (non-hydrogen) atoms. The number of nitrogens with one attached hydrogen (secondary N) is 1. The fraction of sp³-hybridized carbons (Fsp3) is 0.650. The highest BCUT2D eigenvalue weighted by atomic mass is 127. The predicted octanol–water partition coefficient (Wildman–Crippen LogP) is 3.49. The first-order chi connectivity index (χ1) is 12.1. The van der Waals surface area contributed by atoms with Crippen LogP contribution in [0.25, 0.3) is 0 Å². The summed E-state index contributed by atoms with van der Waals surface area (Å²) in [6, 6.07) is 6.40. The maximum Gasteiger partial charge on any atom is 0.193 e. The van der Waals surface area contributed by atoms with Crippen molar-refractivity contribution in [3.05, 3.63) is 29.3 Å². The predicted molar refractivity (Wildman–Crippen MR) is 119 cm³/mol. The van der Waals surface area contributed by atoms with Gasteiger partial charge >= 0.3 is 0 Å². The van der Waals surface area contributed by atoms with Crippen LogP contribution in [0.15, 0.2) is 23.2 Å². The molecule has 0 aromatic heterocycles. The van der Waals surface area contributed by atoms with Crippen LogP contribution in [0.5, 0.6) is 5.75 Å². The van der Waals surface area contributed by atoms with Crippen molar-refractivity contribution in [1.82, 2.24) is 10.2 Å². The molecular weight excluding hydrogens is 441 g/mol. The number of halogens is 1. The van der Waals surface area contributed by atoms with E-state index in [-0.39, 0.29) is 24.0 Å². The number of aryl methyl sites for hydroxylation is 1. The van der Waals surface area contributed by atoms with Crippen LogP contribution in [0.4, 0.5) is 0 Å². The molecule has 0 aliphatic carbocycles. The second kappa shape index (κ2) is 12.4. The number of guanidine groups is 1. The fourth-order valence-electron chi connectivity index (χ4n) is 3.24. The van der Waals surface area contributed by atoms with Gasteiger partial charge in [-0.25, -0.2) is 0 Å². The minimum atomic E-state index is 0. The zero-order valence-electron chi connectivity index (χ0n) is 16.6. The Morgan fingerprint density at radius 2 is 2.08 bits per heavy atom. The van der Waals surface area contributed by atoms with E-state index in [9.17, 15) is 0 Å². The molecule has 148 valence electrons. The van der Waals surface area contributed by atoms with E-state index in [1.807, 2.05) is 7.05 Å². The molecule has 5 nitrogen and oxygen atoms in total. The zero-order valence-corrected chi connectivity index (χ0v) is 18.9. The fourth-order valence-corrected chi connectivity index (χ4v) is 3.24. The van der Waals surface area contributed by atoms with E-state index in [0.717, 1.165) is 50.4 Å². The van der Waals surface area contributed by atoms with Gasteiger partial charge in [0.15, 0.2) is 5.96 Å². The SMILES string of the molecule is CN=C(NCCc1ccc(C)c(OC)c1)N(C)CCC1CCOCC1.I. The Morgan fingerprint density at radius 3 is 2.73 bits per heavy atom. The molecule has 1 aliphatic heterocycles. The van der Waals surface area contributed by atoms with Crippen LogP contribution in [-0.2, 0) is 11.2 Å². The Labute approximate surface area is 175 Å². The van der Waals surface area contributed by atoms with E-state index in [1.54, 1.807) is 7.11 Å². The topological polar surface area (TPSA) is 46.1 Å². The lowest BCUT2D eigenvalue weighted by Crippen LogP contribution is -2.40. The molecule has 0 bridgehead atoms. The molecule has 0 saturated carbocycles. The highest BCUT2D eigenvalue weighted by Crippen LogP contribution is 2.19. The third-order valence-corrected chi connectivity index (χ3v) is 4.96. The lowest BCUT2D eigenvalue weighted by atomic mass is 9.96. The number of rotatable bonds is 7. The average molecular weight is 475 g/mol. The van der Waals surface area contributed by atoms with Crippen LogP contribution < -0.4 is 10.1 Å². The van der Waals surface area contributed by atoms with E-state index in [4.69, 9.17) is 9.47 Å². The number of benzene rings is 1. The summed E-state index contributed by atoms with van der Waals surface area (Å²) >= 11 is 0. The van der Waals surface area contributed by atoms with Gasteiger partial charge in [-0.15, -0.1) is 24.0 Å². The van der Waals surface area contributed by atoms with Crippen LogP contribution in [0.1, 0.15) is 30.4 Å². The van der Waals surface area contributed by atoms with Crippen molar-refractivity contribution >= 4 is 29.9 Å². The molecule has 2 rings (SSSR count). The standard InChI is InChI=1S/C20H33N3O2.HI/c1-16-5-6-18(15-19(16)24-4)7-11-22-20(21-2)23(3)12-8-17-9-13-25-14-10-17;/h5-6,15,17H,7-14H2,1-4H3,(H,21,22);1H. The Kier molecular flexibility index (Phi) is 11.0. The van der Waals surface area contributed by atoms with Crippen molar-refractivity contribution in [3.8, 4) is 5.75 Å². The zero-order chi connectivity index (χ0) is 18.1. The molecule has 1 aromatic rings. The lowest BCUT2D eigenvalue weighted by Gasteiger charge is -2.26. The van der Waals surface area contributed by atoms with Gasteiger partial charge in [0, 0.05) is 40.4 Å². The van der Waals surface area contributed by atoms with Crippen molar-refractivity contribution in [2.75, 3.05) is 47.5 Å². The summed E-state index contributed by atoms with van der Waals surface area (Å²) in [7, 11) is 5.69. The summed E-state index contributed by atoms with van der Waals surface area (Å²) in [5.74, 6) is 2.70. The molecule has 6 heteroatoms. The minimum absolute atomic E-state index is 0. The molecule has 1 heterocycles. The Balaban J connectivity index is 0.00000338. The smallest absolute Gasteiger partial charge is 0.193 e. The molecule has 0 amide bonds. The van der Waals surface area contributed by atoms with Crippen LogP contribution in [-0.4, -0.2) is 58.4 Å². The monoisotopic (exact) mass is 475 g/mol. The lowest BCUT2D eigenvalue weighted by molar-refractivity contribution is 0.0625. The second-order valence-electron chi connectivity index (χ2n) is 6.79. The Hall–Kier alpha value is -1.02. The summed E-state index contributed by atoms with van der Waals surface area (Å²) in [4.78, 5) is 6.64. The van der Waals surface area contributed by atoms with Crippen molar-refractivity contribution in [1.29, 1.82) is 0 Å². The number of hydrogen-bond donors (Lipinski definition) is 1. The molecular formula is C20H34IN3O2. The average Bonchev–Trinajstić information content (AvgIpc) is 2.65. The molecule has 1 aliphatic rings. The van der Waals surface area contributed by atoms with Crippen molar-refractivity contribution in [2.24, 2.45) is 10.9 Å². The molecule has 1 N–H and O–H groups in total. The van der Waals surface area contributed by atoms with E-state index in [2.05, 4.69) is 47.4 Å². The van der Waals surface area contributed by atoms with Gasteiger partial charge in [-0.2, -0.15) is 0 Å². The summed E-state index contributed by atoms with van der Waals surface area (Å²) in [5, 5.41) is 3.47. The number of ether oxygens (including phenoxy) is 2. The highest BCUT2D eigenvalue weighted by molar-refractivity contribution is 14.0. The molecule has 0 spiro atoms. The first kappa shape index (κ1) is 23.0. The first-order valence-electron chi connectivity index (χ1n) is 9.27. The van der Waals surface area contributed by atoms with E-state index >= 15 is 0 Å². The van der Waals surface area contributed by atoms with Gasteiger partial charge in [-0.05, 0) is 55.7 Å². The van der Waals surface area contributed by atoms with E-state index < -0.39 is 0 Å². The molecule has 0 unspecified atom stereocenters. The molecule has 1 aromatic carbocycles. The maximum atomic E-state index is 5.44.